The Morgan fingerprint density at radius 2 is 2.00 bits per heavy atom. The zero-order valence-electron chi connectivity index (χ0n) is 18.6. The molecule has 5 rings (SSSR count). The molecule has 4 heterocycles. The summed E-state index contributed by atoms with van der Waals surface area (Å²) in [5.41, 5.74) is 1.85. The van der Waals surface area contributed by atoms with Crippen LogP contribution in [0.15, 0.2) is 22.2 Å². The maximum Gasteiger partial charge on any atom is 0.232 e. The number of halogens is 1. The van der Waals surface area contributed by atoms with Gasteiger partial charge in [0.05, 0.1) is 21.5 Å². The molecule has 1 aliphatic carbocycles. The summed E-state index contributed by atoms with van der Waals surface area (Å²) in [6.45, 7) is 6.06. The average Bonchev–Trinajstić information content (AvgIpc) is 3.49. The number of fused-ring (bicyclic) bond motifs is 1. The first-order chi connectivity index (χ1) is 15.4. The molecule has 32 heavy (non-hydrogen) atoms. The third-order valence-electron chi connectivity index (χ3n) is 7.30. The molecule has 9 heteroatoms. The molecule has 7 nitrogen and oxygen atoms in total. The molecular weight excluding hydrogens is 490 g/mol. The first kappa shape index (κ1) is 22.3. The molecular formula is C23H30BrN5O2S. The number of thiophene rings is 1. The van der Waals surface area contributed by atoms with E-state index in [4.69, 9.17) is 0 Å². The lowest BCUT2D eigenvalue weighted by atomic mass is 9.94. The van der Waals surface area contributed by atoms with Crippen LogP contribution in [-0.4, -0.2) is 76.6 Å². The van der Waals surface area contributed by atoms with Crippen molar-refractivity contribution >= 4 is 39.0 Å². The molecule has 1 N–H and O–H groups in total. The highest BCUT2D eigenvalue weighted by Gasteiger charge is 2.40. The van der Waals surface area contributed by atoms with E-state index in [0.29, 0.717) is 19.5 Å². The normalized spacial score (nSPS) is 27.1. The number of piperazine rings is 1. The fourth-order valence-electron chi connectivity index (χ4n) is 5.62. The SMILES string of the molecule is C[C@@H]1C[C@@H](O)c2ncnc(N3CCN(C(=O)C(c4ccc(Br)s4)C4CCCN4C)CC3)c21. The van der Waals surface area contributed by atoms with E-state index < -0.39 is 6.10 Å². The highest BCUT2D eigenvalue weighted by Crippen LogP contribution is 2.43. The number of likely N-dealkylation sites (N-methyl/N-ethyl adjacent to an activating group) is 1. The van der Waals surface area contributed by atoms with E-state index in [1.807, 2.05) is 4.90 Å². The lowest BCUT2D eigenvalue weighted by Crippen LogP contribution is -2.52. The molecule has 0 bridgehead atoms. The van der Waals surface area contributed by atoms with Gasteiger partial charge in [-0.2, -0.15) is 0 Å². The van der Waals surface area contributed by atoms with Gasteiger partial charge >= 0.3 is 0 Å². The highest BCUT2D eigenvalue weighted by atomic mass is 79.9. The van der Waals surface area contributed by atoms with Crippen LogP contribution in [0.2, 0.25) is 0 Å². The van der Waals surface area contributed by atoms with Gasteiger partial charge in [-0.3, -0.25) is 4.79 Å². The van der Waals surface area contributed by atoms with Crippen molar-refractivity contribution in [2.75, 3.05) is 44.7 Å². The van der Waals surface area contributed by atoms with Gasteiger partial charge in [0.25, 0.3) is 0 Å². The molecule has 0 aromatic carbocycles. The number of aliphatic hydroxyl groups excluding tert-OH is 1. The molecule has 0 spiro atoms. The van der Waals surface area contributed by atoms with E-state index in [0.717, 1.165) is 58.2 Å². The summed E-state index contributed by atoms with van der Waals surface area (Å²) in [7, 11) is 2.14. The van der Waals surface area contributed by atoms with Crippen LogP contribution in [0.5, 0.6) is 0 Å². The van der Waals surface area contributed by atoms with Crippen molar-refractivity contribution < 1.29 is 9.90 Å². The summed E-state index contributed by atoms with van der Waals surface area (Å²) in [4.78, 5) is 30.5. The first-order valence-electron chi connectivity index (χ1n) is 11.5. The lowest BCUT2D eigenvalue weighted by Gasteiger charge is -2.39. The molecule has 2 aromatic heterocycles. The lowest BCUT2D eigenvalue weighted by molar-refractivity contribution is -0.134. The summed E-state index contributed by atoms with van der Waals surface area (Å²) in [5.74, 6) is 1.31. The molecule has 2 unspecified atom stereocenters. The van der Waals surface area contributed by atoms with Crippen molar-refractivity contribution in [3.63, 3.8) is 0 Å². The average molecular weight is 520 g/mol. The number of rotatable bonds is 4. The molecule has 2 aromatic rings. The van der Waals surface area contributed by atoms with Gasteiger partial charge in [0, 0.05) is 42.7 Å². The Morgan fingerprint density at radius 1 is 1.22 bits per heavy atom. The number of likely N-dealkylation sites (tertiary alicyclic amines) is 1. The summed E-state index contributed by atoms with van der Waals surface area (Å²) in [6, 6.07) is 4.42. The number of amides is 1. The quantitative estimate of drug-likeness (QED) is 0.667. The largest absolute Gasteiger partial charge is 0.387 e. The van der Waals surface area contributed by atoms with Crippen molar-refractivity contribution in [1.82, 2.24) is 19.8 Å². The van der Waals surface area contributed by atoms with Gasteiger partial charge in [0.15, 0.2) is 0 Å². The molecule has 1 amide bonds. The van der Waals surface area contributed by atoms with Gasteiger partial charge in [-0.15, -0.1) is 11.3 Å². The zero-order chi connectivity index (χ0) is 22.4. The van der Waals surface area contributed by atoms with Crippen LogP contribution in [0.25, 0.3) is 0 Å². The minimum absolute atomic E-state index is 0.108. The Kier molecular flexibility index (Phi) is 6.26. The van der Waals surface area contributed by atoms with Crippen molar-refractivity contribution in [2.45, 2.75) is 50.2 Å². The zero-order valence-corrected chi connectivity index (χ0v) is 21.0. The Labute approximate surface area is 201 Å². The Morgan fingerprint density at radius 3 is 2.66 bits per heavy atom. The smallest absolute Gasteiger partial charge is 0.232 e. The van der Waals surface area contributed by atoms with Gasteiger partial charge in [0.2, 0.25) is 5.91 Å². The van der Waals surface area contributed by atoms with Crippen molar-refractivity contribution in [3.05, 3.63) is 38.4 Å². The number of nitrogens with zero attached hydrogens (tertiary/aromatic N) is 5. The van der Waals surface area contributed by atoms with Gasteiger partial charge in [-0.1, -0.05) is 6.92 Å². The van der Waals surface area contributed by atoms with Crippen molar-refractivity contribution in [1.29, 1.82) is 0 Å². The van der Waals surface area contributed by atoms with Crippen LogP contribution in [0, 0.1) is 0 Å². The van der Waals surface area contributed by atoms with Crippen LogP contribution in [-0.2, 0) is 4.79 Å². The molecule has 2 saturated heterocycles. The highest BCUT2D eigenvalue weighted by molar-refractivity contribution is 9.11. The fraction of sp³-hybridized carbons (Fsp3) is 0.609. The Bertz CT molecular complexity index is 993. The van der Waals surface area contributed by atoms with Gasteiger partial charge < -0.3 is 19.8 Å². The minimum atomic E-state index is -0.501. The Balaban J connectivity index is 1.33. The topological polar surface area (TPSA) is 72.8 Å². The number of hydrogen-bond acceptors (Lipinski definition) is 7. The predicted molar refractivity (Wildman–Crippen MR) is 129 cm³/mol. The van der Waals surface area contributed by atoms with Crippen molar-refractivity contribution in [3.8, 4) is 0 Å². The molecule has 172 valence electrons. The molecule has 4 atom stereocenters. The van der Waals surface area contributed by atoms with E-state index in [1.165, 1.54) is 0 Å². The van der Waals surface area contributed by atoms with E-state index >= 15 is 0 Å². The standard InChI is InChI=1S/C23H30BrN5O2S/c1-14-12-16(30)21-19(14)22(26-13-25-21)28-8-10-29(11-9-28)23(31)20(15-4-3-7-27(15)2)17-5-6-18(24)32-17/h5-6,13-16,20,30H,3-4,7-12H2,1-2H3/t14-,15?,16-,20?/m1/s1. The third kappa shape index (κ3) is 3.97. The number of carbonyl (C=O) groups excluding carboxylic acids is 1. The number of aromatic nitrogens is 2. The summed E-state index contributed by atoms with van der Waals surface area (Å²) in [5, 5.41) is 10.3. The van der Waals surface area contributed by atoms with Crippen molar-refractivity contribution in [2.24, 2.45) is 0 Å². The summed E-state index contributed by atoms with van der Waals surface area (Å²) in [6.07, 6.45) is 3.97. The number of anilines is 1. The second-order valence-electron chi connectivity index (χ2n) is 9.27. The van der Waals surface area contributed by atoms with Gasteiger partial charge in [-0.25, -0.2) is 9.97 Å². The maximum absolute atomic E-state index is 13.8. The van der Waals surface area contributed by atoms with Crippen LogP contribution in [0.4, 0.5) is 5.82 Å². The molecule has 3 aliphatic rings. The first-order valence-corrected chi connectivity index (χ1v) is 13.1. The van der Waals surface area contributed by atoms with Crippen LogP contribution in [0.1, 0.15) is 60.3 Å². The third-order valence-corrected chi connectivity index (χ3v) is 9.00. The maximum atomic E-state index is 13.8. The van der Waals surface area contributed by atoms with Crippen LogP contribution in [0.3, 0.4) is 0 Å². The van der Waals surface area contributed by atoms with Gasteiger partial charge in [0.1, 0.15) is 12.1 Å². The van der Waals surface area contributed by atoms with E-state index in [1.54, 1.807) is 17.7 Å². The summed E-state index contributed by atoms with van der Waals surface area (Å²) < 4.78 is 1.07. The minimum Gasteiger partial charge on any atom is -0.387 e. The van der Waals surface area contributed by atoms with Crippen LogP contribution < -0.4 is 4.90 Å². The molecule has 2 aliphatic heterocycles. The predicted octanol–water partition coefficient (Wildman–Crippen LogP) is 3.37. The van der Waals surface area contributed by atoms with E-state index in [2.05, 4.69) is 61.8 Å². The summed E-state index contributed by atoms with van der Waals surface area (Å²) >= 11 is 5.26. The second-order valence-corrected chi connectivity index (χ2v) is 11.8. The Hall–Kier alpha value is -1.55. The van der Waals surface area contributed by atoms with E-state index in [-0.39, 0.29) is 23.8 Å². The number of hydrogen-bond donors (Lipinski definition) is 1. The van der Waals surface area contributed by atoms with Crippen LogP contribution >= 0.6 is 27.3 Å². The van der Waals surface area contributed by atoms with E-state index in [9.17, 15) is 9.90 Å². The molecule has 0 saturated carbocycles. The fourth-order valence-corrected chi connectivity index (χ4v) is 7.19. The van der Waals surface area contributed by atoms with Gasteiger partial charge in [-0.05, 0) is 66.8 Å². The monoisotopic (exact) mass is 519 g/mol. The molecule has 2 fully saturated rings. The number of carbonyl (C=O) groups is 1. The molecule has 0 radical (unpaired) electrons. The number of aliphatic hydroxyl groups is 1. The second kappa shape index (κ2) is 9.00.